The standard InChI is InChI=1S/C32H34F3N7O3/c1-4-19-13-42-21(12-36-19)17(2)45-29-23-26(24(33)27(38-29)25-20-8-6-5-7-18(20)11-22(37-25)43-3)39-30(40-28(23)42)44-16-31-9-10-41(31)15-32(34,35)14-31/h5-8,11,17,19,21,36H,4,9-10,12-16H2,1-3H3/t17-,19+,21-,31+/m0/s1. The molecule has 0 saturated carbocycles. The first-order valence-electron chi connectivity index (χ1n) is 15.5. The molecule has 3 aromatic heterocycles. The number of aromatic nitrogens is 4. The predicted octanol–water partition coefficient (Wildman–Crippen LogP) is 4.59. The largest absolute Gasteiger partial charge is 0.481 e. The minimum absolute atomic E-state index is 0.0164. The van der Waals surface area contributed by atoms with Gasteiger partial charge in [0.25, 0.3) is 5.92 Å². The van der Waals surface area contributed by atoms with Crippen molar-refractivity contribution in [3.8, 4) is 29.2 Å². The molecule has 0 unspecified atom stereocenters. The topological polar surface area (TPSA) is 97.8 Å². The van der Waals surface area contributed by atoms with Gasteiger partial charge < -0.3 is 24.4 Å². The maximum Gasteiger partial charge on any atom is 0.319 e. The first-order valence-corrected chi connectivity index (χ1v) is 15.5. The predicted molar refractivity (Wildman–Crippen MR) is 162 cm³/mol. The Bertz CT molecular complexity index is 1830. The van der Waals surface area contributed by atoms with Crippen LogP contribution in [0.15, 0.2) is 30.3 Å². The van der Waals surface area contributed by atoms with E-state index in [-0.39, 0.29) is 66.6 Å². The van der Waals surface area contributed by atoms with Crippen molar-refractivity contribution in [3.63, 3.8) is 0 Å². The number of halogens is 3. The molecule has 45 heavy (non-hydrogen) atoms. The van der Waals surface area contributed by atoms with Crippen LogP contribution in [0.5, 0.6) is 17.8 Å². The van der Waals surface area contributed by atoms with Gasteiger partial charge >= 0.3 is 6.01 Å². The van der Waals surface area contributed by atoms with Gasteiger partial charge in [-0.25, -0.2) is 23.1 Å². The van der Waals surface area contributed by atoms with E-state index in [4.69, 9.17) is 24.2 Å². The molecule has 0 aliphatic carbocycles. The Morgan fingerprint density at radius 2 is 1.98 bits per heavy atom. The van der Waals surface area contributed by atoms with Gasteiger partial charge in [0.1, 0.15) is 40.8 Å². The Balaban J connectivity index is 1.31. The lowest BCUT2D eigenvalue weighted by Gasteiger charge is -2.46. The molecule has 236 valence electrons. The number of nitrogens with zero attached hydrogens (tertiary/aromatic N) is 6. The van der Waals surface area contributed by atoms with E-state index in [0.29, 0.717) is 48.5 Å². The number of methoxy groups -OCH3 is 1. The molecule has 0 spiro atoms. The van der Waals surface area contributed by atoms with Crippen LogP contribution in [0.1, 0.15) is 33.1 Å². The second-order valence-corrected chi connectivity index (χ2v) is 12.6. The summed E-state index contributed by atoms with van der Waals surface area (Å²) in [6.45, 7) is 5.58. The average Bonchev–Trinajstić information content (AvgIpc) is 3.14. The normalized spacial score (nSPS) is 27.0. The van der Waals surface area contributed by atoms with Crippen LogP contribution in [0.25, 0.3) is 33.1 Å². The van der Waals surface area contributed by atoms with Crippen molar-refractivity contribution in [1.29, 1.82) is 0 Å². The van der Waals surface area contributed by atoms with Gasteiger partial charge in [0.2, 0.25) is 11.8 Å². The average molecular weight is 622 g/mol. The van der Waals surface area contributed by atoms with Crippen LogP contribution in [0.4, 0.5) is 19.0 Å². The first kappa shape index (κ1) is 28.5. The molecule has 4 atom stereocenters. The van der Waals surface area contributed by atoms with Gasteiger partial charge in [-0.05, 0) is 25.2 Å². The molecule has 4 aliphatic heterocycles. The van der Waals surface area contributed by atoms with Gasteiger partial charge in [-0.3, -0.25) is 4.90 Å². The molecule has 10 nitrogen and oxygen atoms in total. The molecular formula is C32H34F3N7O3. The zero-order valence-electron chi connectivity index (χ0n) is 25.3. The van der Waals surface area contributed by atoms with Crippen LogP contribution in [0.3, 0.4) is 0 Å². The van der Waals surface area contributed by atoms with Crippen LogP contribution in [-0.2, 0) is 0 Å². The van der Waals surface area contributed by atoms with E-state index in [9.17, 15) is 8.78 Å². The number of rotatable bonds is 6. The minimum Gasteiger partial charge on any atom is -0.481 e. The number of alkyl halides is 2. The quantitative estimate of drug-likeness (QED) is 0.329. The fourth-order valence-electron chi connectivity index (χ4n) is 7.37. The molecule has 4 aliphatic rings. The fraction of sp³-hybridized carbons (Fsp3) is 0.500. The first-order chi connectivity index (χ1) is 21.7. The molecule has 1 N–H and O–H groups in total. The van der Waals surface area contributed by atoms with Gasteiger partial charge in [0.05, 0.1) is 25.2 Å². The second kappa shape index (κ2) is 10.3. The zero-order chi connectivity index (χ0) is 31.1. The summed E-state index contributed by atoms with van der Waals surface area (Å²) in [5.74, 6) is -2.52. The summed E-state index contributed by atoms with van der Waals surface area (Å²) >= 11 is 0. The van der Waals surface area contributed by atoms with Crippen molar-refractivity contribution in [2.75, 3.05) is 44.8 Å². The molecule has 13 heteroatoms. The number of ether oxygens (including phenoxy) is 3. The van der Waals surface area contributed by atoms with E-state index in [1.165, 1.54) is 7.11 Å². The summed E-state index contributed by atoms with van der Waals surface area (Å²) in [6, 6.07) is 9.23. The molecule has 0 bridgehead atoms. The van der Waals surface area contributed by atoms with Gasteiger partial charge in [0, 0.05) is 43.5 Å². The Morgan fingerprint density at radius 1 is 1.13 bits per heavy atom. The number of piperazine rings is 1. The van der Waals surface area contributed by atoms with Crippen LogP contribution < -0.4 is 24.4 Å². The van der Waals surface area contributed by atoms with Crippen molar-refractivity contribution in [2.24, 2.45) is 0 Å². The lowest BCUT2D eigenvalue weighted by atomic mass is 9.85. The van der Waals surface area contributed by atoms with E-state index in [1.807, 2.05) is 31.2 Å². The van der Waals surface area contributed by atoms with Crippen LogP contribution in [-0.4, -0.2) is 94.4 Å². The molecule has 7 heterocycles. The number of nitrogens with one attached hydrogen (secondary N) is 1. The number of hydrogen-bond donors (Lipinski definition) is 1. The summed E-state index contributed by atoms with van der Waals surface area (Å²) in [6.07, 6.45) is 0.856. The van der Waals surface area contributed by atoms with Crippen molar-refractivity contribution in [3.05, 3.63) is 36.1 Å². The maximum absolute atomic E-state index is 16.9. The highest BCUT2D eigenvalue weighted by Gasteiger charge is 2.60. The molecule has 8 rings (SSSR count). The molecule has 4 aromatic rings. The maximum atomic E-state index is 16.9. The third-order valence-electron chi connectivity index (χ3n) is 9.90. The SMILES string of the molecule is CC[C@@H]1CN2c3nc(OC[C@]45CCN4CC(F)(F)C5)nc4c(F)c(-c5nc(OC)cc6ccccc56)nc(c34)O[C@@H](C)[C@@H]2CN1. The highest BCUT2D eigenvalue weighted by Crippen LogP contribution is 2.48. The Kier molecular flexibility index (Phi) is 6.51. The van der Waals surface area contributed by atoms with E-state index in [1.54, 1.807) is 11.0 Å². The number of hydrogen-bond acceptors (Lipinski definition) is 10. The molecule has 1 aromatic carbocycles. The van der Waals surface area contributed by atoms with Crippen molar-refractivity contribution in [1.82, 2.24) is 30.2 Å². The van der Waals surface area contributed by atoms with E-state index < -0.39 is 17.3 Å². The molecule has 0 radical (unpaired) electrons. The lowest BCUT2D eigenvalue weighted by Crippen LogP contribution is -2.60. The van der Waals surface area contributed by atoms with Gasteiger partial charge in [-0.15, -0.1) is 0 Å². The van der Waals surface area contributed by atoms with Gasteiger partial charge in [-0.1, -0.05) is 31.2 Å². The Hall–Kier alpha value is -3.97. The summed E-state index contributed by atoms with van der Waals surface area (Å²) in [5, 5.41) is 5.41. The van der Waals surface area contributed by atoms with E-state index >= 15 is 4.39 Å². The molecule has 0 amide bonds. The molecular weight excluding hydrogens is 587 g/mol. The van der Waals surface area contributed by atoms with Crippen LogP contribution in [0, 0.1) is 5.82 Å². The van der Waals surface area contributed by atoms with E-state index in [2.05, 4.69) is 27.1 Å². The number of anilines is 1. The number of pyridine rings is 2. The van der Waals surface area contributed by atoms with E-state index in [0.717, 1.165) is 11.8 Å². The van der Waals surface area contributed by atoms with Crippen molar-refractivity contribution in [2.45, 2.75) is 62.8 Å². The zero-order valence-corrected chi connectivity index (χ0v) is 25.3. The number of benzene rings is 1. The Morgan fingerprint density at radius 3 is 2.73 bits per heavy atom. The van der Waals surface area contributed by atoms with Gasteiger partial charge in [0.15, 0.2) is 5.82 Å². The Labute approximate surface area is 257 Å². The highest BCUT2D eigenvalue weighted by atomic mass is 19.3. The summed E-state index contributed by atoms with van der Waals surface area (Å²) < 4.78 is 63.7. The third kappa shape index (κ3) is 4.53. The van der Waals surface area contributed by atoms with Crippen LogP contribution in [0.2, 0.25) is 0 Å². The van der Waals surface area contributed by atoms with Gasteiger partial charge in [-0.2, -0.15) is 9.97 Å². The minimum atomic E-state index is -2.78. The molecule has 3 fully saturated rings. The van der Waals surface area contributed by atoms with Crippen molar-refractivity contribution >= 4 is 27.5 Å². The fourth-order valence-corrected chi connectivity index (χ4v) is 7.37. The summed E-state index contributed by atoms with van der Waals surface area (Å²) in [4.78, 5) is 22.6. The summed E-state index contributed by atoms with van der Waals surface area (Å²) in [5.41, 5.74) is -0.567. The van der Waals surface area contributed by atoms with Crippen LogP contribution >= 0.6 is 0 Å². The molecule has 3 saturated heterocycles. The van der Waals surface area contributed by atoms with Crippen molar-refractivity contribution < 1.29 is 27.4 Å². The highest BCUT2D eigenvalue weighted by molar-refractivity contribution is 6.00. The summed E-state index contributed by atoms with van der Waals surface area (Å²) in [7, 11) is 1.50. The monoisotopic (exact) mass is 621 g/mol. The lowest BCUT2D eigenvalue weighted by molar-refractivity contribution is -0.0132. The number of fused-ring (bicyclic) bond motifs is 4. The third-order valence-corrected chi connectivity index (χ3v) is 9.90. The second-order valence-electron chi connectivity index (χ2n) is 12.6. The smallest absolute Gasteiger partial charge is 0.319 e.